The van der Waals surface area contributed by atoms with E-state index in [2.05, 4.69) is 19.9 Å². The van der Waals surface area contributed by atoms with E-state index >= 15 is 0 Å². The highest BCUT2D eigenvalue weighted by atomic mass is 35.5. The highest BCUT2D eigenvalue weighted by Crippen LogP contribution is 2.25. The Morgan fingerprint density at radius 2 is 2.29 bits per heavy atom. The Labute approximate surface area is 110 Å². The predicted octanol–water partition coefficient (Wildman–Crippen LogP) is 1.87. The molecule has 0 aliphatic carbocycles. The molecule has 0 bridgehead atoms. The van der Waals surface area contributed by atoms with E-state index in [0.29, 0.717) is 24.6 Å². The lowest BCUT2D eigenvalue weighted by Gasteiger charge is -2.23. The lowest BCUT2D eigenvalue weighted by atomic mass is 10.2. The van der Waals surface area contributed by atoms with Crippen LogP contribution in [0.3, 0.4) is 0 Å². The second-order valence-corrected chi connectivity index (χ2v) is 5.24. The number of nitrogens with zero attached hydrogens (tertiary/aromatic N) is 4. The van der Waals surface area contributed by atoms with Crippen molar-refractivity contribution in [1.29, 1.82) is 0 Å². The van der Waals surface area contributed by atoms with E-state index in [1.54, 1.807) is 0 Å². The van der Waals surface area contributed by atoms with Gasteiger partial charge in [-0.05, 0) is 30.7 Å². The number of rotatable bonds is 4. The molecular formula is C10H15ClN4OS. The van der Waals surface area contributed by atoms with Gasteiger partial charge in [-0.2, -0.15) is 26.7 Å². The molecule has 1 aliphatic rings. The van der Waals surface area contributed by atoms with Crippen LogP contribution in [0.5, 0.6) is 6.01 Å². The molecule has 1 aliphatic heterocycles. The van der Waals surface area contributed by atoms with Crippen molar-refractivity contribution in [3.05, 3.63) is 5.28 Å². The number of hydrogen-bond acceptors (Lipinski definition) is 6. The van der Waals surface area contributed by atoms with Crippen molar-refractivity contribution in [2.24, 2.45) is 0 Å². The maximum atomic E-state index is 5.86. The Kier molecular flexibility index (Phi) is 4.28. The van der Waals surface area contributed by atoms with E-state index in [9.17, 15) is 0 Å². The van der Waals surface area contributed by atoms with Crippen molar-refractivity contribution >= 4 is 29.3 Å². The minimum atomic E-state index is 0.177. The molecule has 1 aromatic rings. The van der Waals surface area contributed by atoms with Gasteiger partial charge < -0.3 is 9.64 Å². The summed E-state index contributed by atoms with van der Waals surface area (Å²) in [4.78, 5) is 14.4. The summed E-state index contributed by atoms with van der Waals surface area (Å²) in [5.74, 6) is 2.87. The molecule has 1 atom stereocenters. The highest BCUT2D eigenvalue weighted by Gasteiger charge is 2.23. The number of hydrogen-bond donors (Lipinski definition) is 0. The molecule has 2 heterocycles. The average molecular weight is 275 g/mol. The Balaban J connectivity index is 2.18. The number of aromatic nitrogens is 3. The summed E-state index contributed by atoms with van der Waals surface area (Å²) in [6, 6.07) is 0.757. The van der Waals surface area contributed by atoms with Gasteiger partial charge in [0.15, 0.2) is 0 Å². The standard InChI is InChI=1S/C10H15ClN4OS/c1-3-16-10-13-8(11)12-9(14-10)15(2)7-4-5-17-6-7/h7H,3-6H2,1-2H3. The van der Waals surface area contributed by atoms with Crippen LogP contribution in [0.25, 0.3) is 0 Å². The zero-order chi connectivity index (χ0) is 12.3. The summed E-state index contributed by atoms with van der Waals surface area (Å²) in [6.07, 6.45) is 1.15. The summed E-state index contributed by atoms with van der Waals surface area (Å²) < 4.78 is 5.26. The summed E-state index contributed by atoms with van der Waals surface area (Å²) >= 11 is 7.81. The first kappa shape index (κ1) is 12.7. The molecule has 0 aromatic carbocycles. The summed E-state index contributed by atoms with van der Waals surface area (Å²) in [6.45, 7) is 2.40. The zero-order valence-corrected chi connectivity index (χ0v) is 11.5. The van der Waals surface area contributed by atoms with Gasteiger partial charge in [0.2, 0.25) is 11.2 Å². The number of halogens is 1. The average Bonchev–Trinajstić information content (AvgIpc) is 2.81. The van der Waals surface area contributed by atoms with Crippen molar-refractivity contribution in [2.75, 3.05) is 30.1 Å². The van der Waals surface area contributed by atoms with Gasteiger partial charge in [-0.15, -0.1) is 0 Å². The fraction of sp³-hybridized carbons (Fsp3) is 0.700. The van der Waals surface area contributed by atoms with Crippen LogP contribution in [0.1, 0.15) is 13.3 Å². The topological polar surface area (TPSA) is 51.1 Å². The molecule has 17 heavy (non-hydrogen) atoms. The molecule has 1 aromatic heterocycles. The van der Waals surface area contributed by atoms with Crippen LogP contribution in [0.4, 0.5) is 5.95 Å². The van der Waals surface area contributed by atoms with Gasteiger partial charge in [0.25, 0.3) is 0 Å². The van der Waals surface area contributed by atoms with Crippen LogP contribution in [0, 0.1) is 0 Å². The van der Waals surface area contributed by atoms with E-state index < -0.39 is 0 Å². The maximum Gasteiger partial charge on any atom is 0.322 e. The van der Waals surface area contributed by atoms with Crippen LogP contribution in [-0.2, 0) is 0 Å². The lowest BCUT2D eigenvalue weighted by molar-refractivity contribution is 0.311. The van der Waals surface area contributed by atoms with E-state index in [-0.39, 0.29) is 5.28 Å². The maximum absolute atomic E-state index is 5.86. The number of anilines is 1. The zero-order valence-electron chi connectivity index (χ0n) is 9.89. The lowest BCUT2D eigenvalue weighted by Crippen LogP contribution is -2.32. The van der Waals surface area contributed by atoms with Gasteiger partial charge in [0.1, 0.15) is 0 Å². The Hall–Kier alpha value is -0.750. The van der Waals surface area contributed by atoms with Crippen molar-refractivity contribution in [3.63, 3.8) is 0 Å². The molecule has 0 spiro atoms. The molecule has 0 amide bonds. The molecular weight excluding hydrogens is 260 g/mol. The first-order chi connectivity index (χ1) is 8.20. The first-order valence-corrected chi connectivity index (χ1v) is 7.09. The molecule has 2 rings (SSSR count). The second kappa shape index (κ2) is 5.73. The Morgan fingerprint density at radius 1 is 1.47 bits per heavy atom. The molecule has 0 radical (unpaired) electrons. The van der Waals surface area contributed by atoms with Gasteiger partial charge in [-0.1, -0.05) is 0 Å². The molecule has 0 saturated carbocycles. The minimum Gasteiger partial charge on any atom is -0.464 e. The number of ether oxygens (including phenoxy) is 1. The third kappa shape index (κ3) is 3.13. The van der Waals surface area contributed by atoms with Crippen LogP contribution in [0.2, 0.25) is 5.28 Å². The predicted molar refractivity (Wildman–Crippen MR) is 70.1 cm³/mol. The first-order valence-electron chi connectivity index (χ1n) is 5.55. The molecule has 1 unspecified atom stereocenters. The van der Waals surface area contributed by atoms with E-state index in [1.807, 2.05) is 25.7 Å². The van der Waals surface area contributed by atoms with E-state index in [0.717, 1.165) is 12.2 Å². The molecule has 5 nitrogen and oxygen atoms in total. The van der Waals surface area contributed by atoms with Crippen molar-refractivity contribution in [1.82, 2.24) is 15.0 Å². The fourth-order valence-corrected chi connectivity index (χ4v) is 3.08. The normalized spacial score (nSPS) is 19.4. The molecule has 0 N–H and O–H groups in total. The SMILES string of the molecule is CCOc1nc(Cl)nc(N(C)C2CCSC2)n1. The highest BCUT2D eigenvalue weighted by molar-refractivity contribution is 7.99. The molecule has 94 valence electrons. The van der Waals surface area contributed by atoms with Gasteiger partial charge in [0.05, 0.1) is 6.61 Å². The Bertz CT molecular complexity index is 387. The van der Waals surface area contributed by atoms with Crippen LogP contribution < -0.4 is 9.64 Å². The van der Waals surface area contributed by atoms with Gasteiger partial charge in [-0.25, -0.2) is 0 Å². The summed E-state index contributed by atoms with van der Waals surface area (Å²) in [5, 5.41) is 0.177. The van der Waals surface area contributed by atoms with Gasteiger partial charge in [-0.3, -0.25) is 0 Å². The van der Waals surface area contributed by atoms with Crippen molar-refractivity contribution in [3.8, 4) is 6.01 Å². The van der Waals surface area contributed by atoms with E-state index in [1.165, 1.54) is 5.75 Å². The quantitative estimate of drug-likeness (QED) is 0.835. The van der Waals surface area contributed by atoms with Crippen molar-refractivity contribution < 1.29 is 4.74 Å². The second-order valence-electron chi connectivity index (χ2n) is 3.75. The molecule has 7 heteroatoms. The van der Waals surface area contributed by atoms with Crippen molar-refractivity contribution in [2.45, 2.75) is 19.4 Å². The molecule has 1 fully saturated rings. The smallest absolute Gasteiger partial charge is 0.322 e. The third-order valence-corrected chi connectivity index (χ3v) is 3.93. The Morgan fingerprint density at radius 3 is 2.94 bits per heavy atom. The molecule has 1 saturated heterocycles. The van der Waals surface area contributed by atoms with Gasteiger partial charge >= 0.3 is 6.01 Å². The monoisotopic (exact) mass is 274 g/mol. The van der Waals surface area contributed by atoms with E-state index in [4.69, 9.17) is 16.3 Å². The van der Waals surface area contributed by atoms with Crippen LogP contribution >= 0.6 is 23.4 Å². The van der Waals surface area contributed by atoms with Crippen LogP contribution in [-0.4, -0.2) is 46.2 Å². The third-order valence-electron chi connectivity index (χ3n) is 2.62. The summed E-state index contributed by atoms with van der Waals surface area (Å²) in [7, 11) is 1.98. The van der Waals surface area contributed by atoms with Gasteiger partial charge in [0, 0.05) is 18.8 Å². The summed E-state index contributed by atoms with van der Waals surface area (Å²) in [5.41, 5.74) is 0. The number of thioether (sulfide) groups is 1. The minimum absolute atomic E-state index is 0.177. The largest absolute Gasteiger partial charge is 0.464 e. The van der Waals surface area contributed by atoms with Crippen LogP contribution in [0.15, 0.2) is 0 Å². The fourth-order valence-electron chi connectivity index (χ4n) is 1.66.